The van der Waals surface area contributed by atoms with Gasteiger partial charge in [0.1, 0.15) is 24.4 Å². The quantitative estimate of drug-likeness (QED) is 0.134. The molecule has 126 valence electrons. The molecular formula is C8H17NO11S. The third-order valence-electron chi connectivity index (χ3n) is 1.71. The number of aliphatic hydroxyl groups excluding tert-OH is 5. The lowest BCUT2D eigenvalue weighted by atomic mass is 10.0. The van der Waals surface area contributed by atoms with Crippen LogP contribution in [0.15, 0.2) is 0 Å². The van der Waals surface area contributed by atoms with Crippen molar-refractivity contribution in [2.24, 2.45) is 0 Å². The molecule has 0 aromatic rings. The molecule has 4 unspecified atom stereocenters. The zero-order chi connectivity index (χ0) is 17.2. The fourth-order valence-electron chi connectivity index (χ4n) is 0.729. The van der Waals surface area contributed by atoms with Crippen molar-refractivity contribution in [2.45, 2.75) is 31.3 Å². The van der Waals surface area contributed by atoms with E-state index in [0.29, 0.717) is 0 Å². The van der Waals surface area contributed by atoms with Gasteiger partial charge in [-0.25, -0.2) is 5.48 Å². The zero-order valence-corrected chi connectivity index (χ0v) is 11.5. The molecule has 0 aliphatic rings. The number of carbonyl (C=O) groups is 2. The maximum absolute atomic E-state index is 9.90. The molecule has 0 radical (unpaired) electrons. The van der Waals surface area contributed by atoms with Gasteiger partial charge in [-0.3, -0.25) is 9.35 Å². The lowest BCUT2D eigenvalue weighted by Gasteiger charge is -2.22. The van der Waals surface area contributed by atoms with Crippen molar-refractivity contribution in [1.29, 1.82) is 0 Å². The monoisotopic (exact) mass is 335 g/mol. The Balaban J connectivity index is 0. The highest BCUT2D eigenvalue weighted by atomic mass is 32.3. The van der Waals surface area contributed by atoms with Gasteiger partial charge in [-0.1, -0.05) is 0 Å². The van der Waals surface area contributed by atoms with Crippen LogP contribution in [0.25, 0.3) is 0 Å². The number of hydrogen-bond acceptors (Lipinski definition) is 10. The van der Waals surface area contributed by atoms with Gasteiger partial charge in [0.05, 0.1) is 6.61 Å². The number of hydroxylamine groups is 1. The highest BCUT2D eigenvalue weighted by Crippen LogP contribution is 2.02. The van der Waals surface area contributed by atoms with Gasteiger partial charge in [-0.05, 0) is 0 Å². The van der Waals surface area contributed by atoms with E-state index in [1.807, 2.05) is 0 Å². The van der Waals surface area contributed by atoms with Gasteiger partial charge in [0.2, 0.25) is 5.91 Å². The summed E-state index contributed by atoms with van der Waals surface area (Å²) in [7, 11) is -4.55. The minimum absolute atomic E-state index is 0.0258. The average molecular weight is 335 g/mol. The Morgan fingerprint density at radius 1 is 1.24 bits per heavy atom. The molecule has 4 atom stereocenters. The van der Waals surface area contributed by atoms with Crippen molar-refractivity contribution in [1.82, 2.24) is 5.48 Å². The predicted molar refractivity (Wildman–Crippen MR) is 63.6 cm³/mol. The molecule has 12 nitrogen and oxygen atoms in total. The van der Waals surface area contributed by atoms with Crippen LogP contribution in [0.3, 0.4) is 0 Å². The first kappa shape index (κ1) is 22.1. The van der Waals surface area contributed by atoms with Crippen LogP contribution in [0.4, 0.5) is 0 Å². The number of carbonyl (C=O) groups excluding carboxylic acids is 2. The largest absolute Gasteiger partial charge is 0.418 e. The Kier molecular flexibility index (Phi) is 11.1. The molecule has 0 spiro atoms. The first-order valence-electron chi connectivity index (χ1n) is 5.17. The van der Waals surface area contributed by atoms with Gasteiger partial charge in [-0.15, -0.1) is 4.28 Å². The number of aliphatic hydroxyl groups is 5. The number of amides is 1. The highest BCUT2D eigenvalue weighted by Gasteiger charge is 2.29. The second-order valence-corrected chi connectivity index (χ2v) is 4.55. The fraction of sp³-hybridized carbons (Fsp3) is 0.750. The third-order valence-corrected chi connectivity index (χ3v) is 2.01. The van der Waals surface area contributed by atoms with Gasteiger partial charge in [0.15, 0.2) is 6.29 Å². The highest BCUT2D eigenvalue weighted by molar-refractivity contribution is 7.80. The lowest BCUT2D eigenvalue weighted by molar-refractivity contribution is -0.136. The fourth-order valence-corrected chi connectivity index (χ4v) is 0.952. The van der Waals surface area contributed by atoms with Crippen LogP contribution in [0.1, 0.15) is 6.92 Å². The van der Waals surface area contributed by atoms with E-state index in [1.54, 1.807) is 0 Å². The average Bonchev–Trinajstić information content (AvgIpc) is 2.41. The van der Waals surface area contributed by atoms with Crippen molar-refractivity contribution in [2.75, 3.05) is 6.61 Å². The van der Waals surface area contributed by atoms with E-state index in [1.165, 1.54) is 5.48 Å². The van der Waals surface area contributed by atoms with Crippen molar-refractivity contribution in [3.8, 4) is 0 Å². The third kappa shape index (κ3) is 12.3. The molecule has 0 bridgehead atoms. The molecule has 21 heavy (non-hydrogen) atoms. The molecule has 0 saturated heterocycles. The molecule has 0 aromatic heterocycles. The van der Waals surface area contributed by atoms with E-state index < -0.39 is 47.3 Å². The second kappa shape index (κ2) is 10.5. The number of hydrogen-bond donors (Lipinski definition) is 7. The molecule has 0 saturated carbocycles. The van der Waals surface area contributed by atoms with Crippen molar-refractivity contribution in [3.05, 3.63) is 0 Å². The summed E-state index contributed by atoms with van der Waals surface area (Å²) in [5, 5.41) is 43.5. The Labute approximate surface area is 119 Å². The van der Waals surface area contributed by atoms with E-state index in [2.05, 4.69) is 4.28 Å². The summed E-state index contributed by atoms with van der Waals surface area (Å²) in [6, 6.07) is 0. The maximum Gasteiger partial charge on any atom is 0.418 e. The molecule has 13 heteroatoms. The van der Waals surface area contributed by atoms with E-state index in [4.69, 9.17) is 30.1 Å². The van der Waals surface area contributed by atoms with E-state index >= 15 is 0 Å². The second-order valence-electron chi connectivity index (χ2n) is 3.53. The number of nitrogens with one attached hydrogen (secondary N) is 1. The molecular weight excluding hydrogens is 318 g/mol. The summed E-state index contributed by atoms with van der Waals surface area (Å²) in [5.41, 5.74) is 1.41. The summed E-state index contributed by atoms with van der Waals surface area (Å²) in [6.07, 6.45) is -6.84. The van der Waals surface area contributed by atoms with E-state index in [-0.39, 0.29) is 6.29 Å². The van der Waals surface area contributed by atoms with Crippen LogP contribution in [0, 0.1) is 0 Å². The van der Waals surface area contributed by atoms with Crippen molar-refractivity contribution >= 4 is 22.6 Å². The molecule has 0 aliphatic carbocycles. The first-order valence-corrected chi connectivity index (χ1v) is 6.53. The van der Waals surface area contributed by atoms with Gasteiger partial charge < -0.3 is 30.3 Å². The molecule has 7 N–H and O–H groups in total. The molecule has 0 rings (SSSR count). The van der Waals surface area contributed by atoms with Crippen molar-refractivity contribution < 1.29 is 52.4 Å². The Morgan fingerprint density at radius 2 is 1.71 bits per heavy atom. The van der Waals surface area contributed by atoms with Crippen LogP contribution < -0.4 is 5.48 Å². The van der Waals surface area contributed by atoms with Crippen LogP contribution in [0.2, 0.25) is 0 Å². The Hall–Kier alpha value is -1.19. The van der Waals surface area contributed by atoms with Crippen LogP contribution >= 0.6 is 0 Å². The molecule has 0 aliphatic heterocycles. The Bertz CT molecular complexity index is 410. The summed E-state index contributed by atoms with van der Waals surface area (Å²) in [5.74, 6) is -0.715. The molecule has 0 heterocycles. The van der Waals surface area contributed by atoms with Gasteiger partial charge in [0, 0.05) is 6.92 Å². The summed E-state index contributed by atoms with van der Waals surface area (Å²) in [6.45, 7) is 0.273. The SMILES string of the molecule is CC(=O)NOS(=O)(=O)O.O=CC(O)C(O)C(O)C(O)CO. The zero-order valence-electron chi connectivity index (χ0n) is 10.7. The standard InChI is InChI=1S/C6H12O6.C2H5NO5S/c7-1-3(9)5(11)6(12)4(10)2-8;1-2(4)3-8-9(5,6)7/h1,3-6,8-12H,2H2;1H3,(H,3,4)(H,5,6,7). The van der Waals surface area contributed by atoms with Gasteiger partial charge in [-0.2, -0.15) is 8.42 Å². The molecule has 0 aromatic carbocycles. The topological polar surface area (TPSA) is 211 Å². The predicted octanol–water partition coefficient (Wildman–Crippen LogP) is -4.52. The minimum atomic E-state index is -4.55. The summed E-state index contributed by atoms with van der Waals surface area (Å²) in [4.78, 5) is 19.8. The lowest BCUT2D eigenvalue weighted by Crippen LogP contribution is -2.46. The normalized spacial score (nSPS) is 16.7. The number of rotatable bonds is 7. The van der Waals surface area contributed by atoms with E-state index in [0.717, 1.165) is 6.92 Å². The number of aldehydes is 1. The maximum atomic E-state index is 9.90. The molecule has 1 amide bonds. The van der Waals surface area contributed by atoms with Crippen LogP contribution in [-0.2, 0) is 24.3 Å². The Morgan fingerprint density at radius 3 is 1.95 bits per heavy atom. The van der Waals surface area contributed by atoms with Gasteiger partial charge >= 0.3 is 10.4 Å². The van der Waals surface area contributed by atoms with Crippen molar-refractivity contribution in [3.63, 3.8) is 0 Å². The summed E-state index contributed by atoms with van der Waals surface area (Å²) >= 11 is 0. The molecule has 0 fully saturated rings. The summed E-state index contributed by atoms with van der Waals surface area (Å²) < 4.78 is 30.5. The van der Waals surface area contributed by atoms with Gasteiger partial charge in [0.25, 0.3) is 0 Å². The van der Waals surface area contributed by atoms with Crippen LogP contribution in [-0.4, -0.2) is 81.7 Å². The van der Waals surface area contributed by atoms with E-state index in [9.17, 15) is 18.0 Å². The first-order chi connectivity index (χ1) is 9.46. The van der Waals surface area contributed by atoms with Crippen LogP contribution in [0.5, 0.6) is 0 Å². The smallest absolute Gasteiger partial charge is 0.394 e. The minimum Gasteiger partial charge on any atom is -0.394 e.